The van der Waals surface area contributed by atoms with Gasteiger partial charge in [-0.25, -0.2) is 4.79 Å². The van der Waals surface area contributed by atoms with E-state index in [1.165, 1.54) is 11.1 Å². The van der Waals surface area contributed by atoms with Gasteiger partial charge in [0.1, 0.15) is 0 Å². The Morgan fingerprint density at radius 1 is 1.18 bits per heavy atom. The third-order valence-corrected chi connectivity index (χ3v) is 4.07. The van der Waals surface area contributed by atoms with Crippen LogP contribution >= 0.6 is 0 Å². The summed E-state index contributed by atoms with van der Waals surface area (Å²) in [5.74, 6) is -0.207. The molecule has 0 spiro atoms. The minimum absolute atomic E-state index is 0.00556. The Kier molecular flexibility index (Phi) is 3.51. The van der Waals surface area contributed by atoms with Crippen LogP contribution in [0.15, 0.2) is 23.2 Å². The summed E-state index contributed by atoms with van der Waals surface area (Å²) in [7, 11) is 0. The number of rotatable bonds is 1. The molecule has 1 saturated heterocycles. The minimum atomic E-state index is -0.336. The zero-order valence-electron chi connectivity index (χ0n) is 13.3. The maximum atomic E-state index is 12.0. The molecule has 0 radical (unpaired) electrons. The molecule has 0 saturated carbocycles. The average molecular weight is 299 g/mol. The van der Waals surface area contributed by atoms with Crippen LogP contribution in [0.3, 0.4) is 0 Å². The van der Waals surface area contributed by atoms with E-state index in [2.05, 4.69) is 43.2 Å². The van der Waals surface area contributed by atoms with Crippen LogP contribution in [0.1, 0.15) is 38.3 Å². The van der Waals surface area contributed by atoms with Gasteiger partial charge in [-0.05, 0) is 29.7 Å². The van der Waals surface area contributed by atoms with Crippen molar-refractivity contribution in [3.8, 4) is 0 Å². The summed E-state index contributed by atoms with van der Waals surface area (Å²) in [6.07, 6.45) is 1.23. The number of hydrogen-bond donors (Lipinski definition) is 1. The van der Waals surface area contributed by atoms with Crippen LogP contribution in [0.25, 0.3) is 0 Å². The molecule has 5 nitrogen and oxygen atoms in total. The van der Waals surface area contributed by atoms with E-state index in [1.54, 1.807) is 4.90 Å². The van der Waals surface area contributed by atoms with Crippen molar-refractivity contribution in [2.24, 2.45) is 10.4 Å². The predicted octanol–water partition coefficient (Wildman–Crippen LogP) is 2.52. The molecule has 3 amide bonds. The lowest BCUT2D eigenvalue weighted by Crippen LogP contribution is -2.49. The van der Waals surface area contributed by atoms with Crippen molar-refractivity contribution < 1.29 is 9.59 Å². The molecule has 22 heavy (non-hydrogen) atoms. The van der Waals surface area contributed by atoms with Gasteiger partial charge in [0.15, 0.2) is 0 Å². The van der Waals surface area contributed by atoms with Gasteiger partial charge in [0.25, 0.3) is 0 Å². The Hall–Kier alpha value is -2.17. The number of amides is 3. The van der Waals surface area contributed by atoms with Crippen molar-refractivity contribution in [3.05, 3.63) is 29.3 Å². The van der Waals surface area contributed by atoms with Crippen molar-refractivity contribution in [2.45, 2.75) is 33.6 Å². The second kappa shape index (κ2) is 5.23. The number of anilines is 1. The van der Waals surface area contributed by atoms with E-state index in [9.17, 15) is 9.59 Å². The fraction of sp³-hybridized carbons (Fsp3) is 0.471. The molecule has 5 heteroatoms. The first kappa shape index (κ1) is 14.8. The van der Waals surface area contributed by atoms with Crippen molar-refractivity contribution in [2.75, 3.05) is 18.0 Å². The second-order valence-corrected chi connectivity index (χ2v) is 6.83. The highest BCUT2D eigenvalue weighted by molar-refractivity contribution is 6.08. The molecular weight excluding hydrogens is 278 g/mol. The number of nitrogens with zero attached hydrogens (tertiary/aromatic N) is 2. The first-order valence-electron chi connectivity index (χ1n) is 7.66. The molecule has 1 aromatic carbocycles. The van der Waals surface area contributed by atoms with Crippen molar-refractivity contribution in [1.29, 1.82) is 0 Å². The third-order valence-electron chi connectivity index (χ3n) is 4.07. The fourth-order valence-corrected chi connectivity index (χ4v) is 3.01. The lowest BCUT2D eigenvalue weighted by molar-refractivity contribution is -0.120. The number of carbonyl (C=O) groups is 2. The molecule has 1 aromatic rings. The lowest BCUT2D eigenvalue weighted by Gasteiger charge is -2.30. The maximum Gasteiger partial charge on any atom is 0.328 e. The van der Waals surface area contributed by atoms with Gasteiger partial charge in [0, 0.05) is 36.3 Å². The zero-order valence-corrected chi connectivity index (χ0v) is 13.3. The van der Waals surface area contributed by atoms with Crippen molar-refractivity contribution in [3.63, 3.8) is 0 Å². The molecule has 2 aliphatic heterocycles. The highest BCUT2D eigenvalue weighted by Crippen LogP contribution is 2.30. The quantitative estimate of drug-likeness (QED) is 0.866. The Morgan fingerprint density at radius 3 is 2.64 bits per heavy atom. The molecule has 0 unspecified atom stereocenters. The van der Waals surface area contributed by atoms with Crippen LogP contribution in [0.4, 0.5) is 10.5 Å². The number of urea groups is 1. The van der Waals surface area contributed by atoms with Crippen LogP contribution < -0.4 is 10.2 Å². The number of imide groups is 1. The van der Waals surface area contributed by atoms with Crippen LogP contribution in [-0.4, -0.2) is 30.7 Å². The van der Waals surface area contributed by atoms with Crippen LogP contribution in [-0.2, 0) is 11.2 Å². The van der Waals surface area contributed by atoms with Gasteiger partial charge >= 0.3 is 6.03 Å². The smallest absolute Gasteiger partial charge is 0.294 e. The Labute approximate surface area is 130 Å². The maximum absolute atomic E-state index is 12.0. The molecule has 2 aliphatic rings. The number of benzene rings is 1. The van der Waals surface area contributed by atoms with Crippen LogP contribution in [0.2, 0.25) is 0 Å². The van der Waals surface area contributed by atoms with Gasteiger partial charge in [0.2, 0.25) is 5.91 Å². The molecular formula is C17H21N3O2. The van der Waals surface area contributed by atoms with Crippen molar-refractivity contribution in [1.82, 2.24) is 5.32 Å². The molecule has 0 bridgehead atoms. The highest BCUT2D eigenvalue weighted by Gasteiger charge is 2.28. The average Bonchev–Trinajstić information content (AvgIpc) is 2.45. The van der Waals surface area contributed by atoms with E-state index >= 15 is 0 Å². The Morgan fingerprint density at radius 2 is 1.95 bits per heavy atom. The first-order valence-corrected chi connectivity index (χ1v) is 7.66. The third kappa shape index (κ3) is 2.63. The number of hydrogen-bond acceptors (Lipinski definition) is 3. The summed E-state index contributed by atoms with van der Waals surface area (Å²) in [6.45, 7) is 7.72. The standard InChI is InChI=1S/C17H21N3O2/c1-17(2,3)15-13-5-4-12(10-11(13)6-8-18-15)20-9-7-14(21)19-16(20)22/h4-5,10H,6-9H2,1-3H3,(H,19,21,22). The summed E-state index contributed by atoms with van der Waals surface area (Å²) in [6, 6.07) is 5.72. The highest BCUT2D eigenvalue weighted by atomic mass is 16.2. The van der Waals surface area contributed by atoms with Gasteiger partial charge in [0.05, 0.1) is 0 Å². The van der Waals surface area contributed by atoms with E-state index in [-0.39, 0.29) is 17.4 Å². The lowest BCUT2D eigenvalue weighted by atomic mass is 9.81. The molecule has 116 valence electrons. The fourth-order valence-electron chi connectivity index (χ4n) is 3.01. The van der Waals surface area contributed by atoms with Crippen LogP contribution in [0, 0.1) is 5.41 Å². The second-order valence-electron chi connectivity index (χ2n) is 6.83. The predicted molar refractivity (Wildman–Crippen MR) is 86.5 cm³/mol. The topological polar surface area (TPSA) is 61.8 Å². The number of nitrogens with one attached hydrogen (secondary N) is 1. The zero-order chi connectivity index (χ0) is 15.9. The summed E-state index contributed by atoms with van der Waals surface area (Å²) in [5, 5.41) is 2.37. The first-order chi connectivity index (χ1) is 10.4. The normalized spacial score (nSPS) is 18.7. The molecule has 0 aliphatic carbocycles. The number of fused-ring (bicyclic) bond motifs is 1. The minimum Gasteiger partial charge on any atom is -0.294 e. The van der Waals surface area contributed by atoms with E-state index in [1.807, 2.05) is 6.07 Å². The van der Waals surface area contributed by atoms with Crippen LogP contribution in [0.5, 0.6) is 0 Å². The summed E-state index contributed by atoms with van der Waals surface area (Å²) >= 11 is 0. The van der Waals surface area contributed by atoms with E-state index in [4.69, 9.17) is 0 Å². The largest absolute Gasteiger partial charge is 0.328 e. The summed E-state index contributed by atoms with van der Waals surface area (Å²) in [5.41, 5.74) is 4.38. The van der Waals surface area contributed by atoms with Gasteiger partial charge in [-0.2, -0.15) is 0 Å². The SMILES string of the molecule is CC(C)(C)C1=NCCc2cc(N3CCC(=O)NC3=O)ccc21. The van der Waals surface area contributed by atoms with Gasteiger partial charge in [-0.15, -0.1) is 0 Å². The van der Waals surface area contributed by atoms with E-state index in [0.717, 1.165) is 24.4 Å². The van der Waals surface area contributed by atoms with Gasteiger partial charge in [-0.3, -0.25) is 20.0 Å². The van der Waals surface area contributed by atoms with Gasteiger partial charge < -0.3 is 0 Å². The molecule has 1 fully saturated rings. The number of carbonyl (C=O) groups excluding carboxylic acids is 2. The Balaban J connectivity index is 1.94. The Bertz CT molecular complexity index is 671. The molecule has 2 heterocycles. The molecule has 3 rings (SSSR count). The molecule has 1 N–H and O–H groups in total. The summed E-state index contributed by atoms with van der Waals surface area (Å²) in [4.78, 5) is 29.5. The van der Waals surface area contributed by atoms with Crippen molar-refractivity contribution >= 4 is 23.3 Å². The monoisotopic (exact) mass is 299 g/mol. The van der Waals surface area contributed by atoms with E-state index < -0.39 is 0 Å². The molecule has 0 aromatic heterocycles. The van der Waals surface area contributed by atoms with Gasteiger partial charge in [-0.1, -0.05) is 26.8 Å². The summed E-state index contributed by atoms with van der Waals surface area (Å²) < 4.78 is 0. The number of aliphatic imine (C=N–C) groups is 1. The molecule has 0 atom stereocenters. The van der Waals surface area contributed by atoms with E-state index in [0.29, 0.717) is 13.0 Å².